The van der Waals surface area contributed by atoms with Crippen molar-refractivity contribution >= 4 is 35.3 Å². The number of aryl methyl sites for hydroxylation is 1. The zero-order valence-corrected chi connectivity index (χ0v) is 16.8. The minimum atomic E-state index is -0.508. The summed E-state index contributed by atoms with van der Waals surface area (Å²) in [5.41, 5.74) is 3.21. The molecule has 0 atom stereocenters. The van der Waals surface area contributed by atoms with Crippen LogP contribution in [0.25, 0.3) is 6.08 Å². The van der Waals surface area contributed by atoms with Gasteiger partial charge in [-0.15, -0.1) is 0 Å². The van der Waals surface area contributed by atoms with Crippen LogP contribution in [-0.4, -0.2) is 38.9 Å². The quantitative estimate of drug-likeness (QED) is 0.576. The van der Waals surface area contributed by atoms with E-state index in [0.717, 1.165) is 10.5 Å². The Bertz CT molecular complexity index is 905. The van der Waals surface area contributed by atoms with Crippen LogP contribution in [0.4, 0.5) is 5.69 Å². The van der Waals surface area contributed by atoms with Gasteiger partial charge >= 0.3 is 0 Å². The molecule has 2 aromatic carbocycles. The van der Waals surface area contributed by atoms with Crippen LogP contribution in [0.2, 0.25) is 0 Å². The Morgan fingerprint density at radius 2 is 1.89 bits per heavy atom. The predicted molar refractivity (Wildman–Crippen MR) is 110 cm³/mol. The molecular weight excluding hydrogens is 376 g/mol. The molecule has 1 heterocycles. The summed E-state index contributed by atoms with van der Waals surface area (Å²) in [4.78, 5) is 26.3. The van der Waals surface area contributed by atoms with Gasteiger partial charge in [0, 0.05) is 24.7 Å². The molecule has 3 rings (SSSR count). The highest BCUT2D eigenvalue weighted by Gasteiger charge is 2.22. The maximum Gasteiger partial charge on any atom is 0.262 e. The SMILES string of the molecule is COC(CNC(=O)c1ccc2c(c1)NC(=O)C(=Cc1ccc(C)cc1)S2)OC. The number of ether oxygens (including phenoxy) is 2. The van der Waals surface area contributed by atoms with Crippen molar-refractivity contribution in [2.24, 2.45) is 0 Å². The summed E-state index contributed by atoms with van der Waals surface area (Å²) in [7, 11) is 3.02. The molecule has 1 aliphatic heterocycles. The van der Waals surface area contributed by atoms with Gasteiger partial charge in [-0.05, 0) is 36.8 Å². The van der Waals surface area contributed by atoms with Crippen LogP contribution in [0.3, 0.4) is 0 Å². The number of hydrogen-bond acceptors (Lipinski definition) is 5. The van der Waals surface area contributed by atoms with Crippen LogP contribution in [0.1, 0.15) is 21.5 Å². The van der Waals surface area contributed by atoms with E-state index in [1.807, 2.05) is 43.3 Å². The van der Waals surface area contributed by atoms with Crippen LogP contribution in [-0.2, 0) is 14.3 Å². The van der Waals surface area contributed by atoms with Crippen molar-refractivity contribution in [2.75, 3.05) is 26.1 Å². The number of fused-ring (bicyclic) bond motifs is 1. The molecule has 2 aromatic rings. The molecule has 0 bridgehead atoms. The summed E-state index contributed by atoms with van der Waals surface area (Å²) in [5, 5.41) is 5.61. The minimum absolute atomic E-state index is 0.186. The van der Waals surface area contributed by atoms with E-state index in [1.165, 1.54) is 31.5 Å². The lowest BCUT2D eigenvalue weighted by Crippen LogP contribution is -2.34. The monoisotopic (exact) mass is 398 g/mol. The second-order valence-electron chi connectivity index (χ2n) is 6.30. The number of carbonyl (C=O) groups is 2. The molecule has 6 nitrogen and oxygen atoms in total. The Morgan fingerprint density at radius 1 is 1.18 bits per heavy atom. The molecule has 0 saturated carbocycles. The summed E-state index contributed by atoms with van der Waals surface area (Å²) in [6, 6.07) is 13.2. The first kappa shape index (κ1) is 20.1. The summed E-state index contributed by atoms with van der Waals surface area (Å²) in [6.07, 6.45) is 1.35. The summed E-state index contributed by atoms with van der Waals surface area (Å²) in [5.74, 6) is -0.448. The van der Waals surface area contributed by atoms with Crippen molar-refractivity contribution in [1.82, 2.24) is 5.32 Å². The van der Waals surface area contributed by atoms with Gasteiger partial charge in [0.2, 0.25) is 0 Å². The maximum atomic E-state index is 12.5. The average Bonchev–Trinajstić information content (AvgIpc) is 2.70. The van der Waals surface area contributed by atoms with E-state index in [2.05, 4.69) is 10.6 Å². The van der Waals surface area contributed by atoms with Crippen LogP contribution in [0.15, 0.2) is 52.3 Å². The zero-order valence-electron chi connectivity index (χ0n) is 15.9. The first-order chi connectivity index (χ1) is 13.5. The number of methoxy groups -OCH3 is 2. The lowest BCUT2D eigenvalue weighted by Gasteiger charge is -2.20. The molecule has 146 valence electrons. The van der Waals surface area contributed by atoms with Crippen molar-refractivity contribution in [3.8, 4) is 0 Å². The van der Waals surface area contributed by atoms with Crippen LogP contribution >= 0.6 is 11.8 Å². The first-order valence-corrected chi connectivity index (χ1v) is 9.57. The molecular formula is C21H22N2O4S. The Labute approximate surface area is 168 Å². The summed E-state index contributed by atoms with van der Waals surface area (Å²) in [6.45, 7) is 2.25. The number of nitrogens with one attached hydrogen (secondary N) is 2. The van der Waals surface area contributed by atoms with Gasteiger partial charge in [-0.3, -0.25) is 9.59 Å². The lowest BCUT2D eigenvalue weighted by molar-refractivity contribution is -0.112. The van der Waals surface area contributed by atoms with Crippen molar-refractivity contribution < 1.29 is 19.1 Å². The van der Waals surface area contributed by atoms with Crippen LogP contribution < -0.4 is 10.6 Å². The number of thioether (sulfide) groups is 1. The van der Waals surface area contributed by atoms with Gasteiger partial charge in [0.15, 0.2) is 6.29 Å². The third kappa shape index (κ3) is 4.81. The average molecular weight is 398 g/mol. The van der Waals surface area contributed by atoms with Gasteiger partial charge in [-0.1, -0.05) is 41.6 Å². The smallest absolute Gasteiger partial charge is 0.262 e. The second kappa shape index (κ2) is 9.05. The van der Waals surface area contributed by atoms with Crippen molar-refractivity contribution in [3.63, 3.8) is 0 Å². The molecule has 0 aliphatic carbocycles. The highest BCUT2D eigenvalue weighted by Crippen LogP contribution is 2.39. The first-order valence-electron chi connectivity index (χ1n) is 8.75. The van der Waals surface area contributed by atoms with E-state index in [9.17, 15) is 9.59 Å². The number of benzene rings is 2. The van der Waals surface area contributed by atoms with E-state index < -0.39 is 6.29 Å². The van der Waals surface area contributed by atoms with E-state index in [4.69, 9.17) is 9.47 Å². The molecule has 28 heavy (non-hydrogen) atoms. The number of hydrogen-bond donors (Lipinski definition) is 2. The molecule has 0 radical (unpaired) electrons. The largest absolute Gasteiger partial charge is 0.354 e. The molecule has 0 fully saturated rings. The number of amides is 2. The van der Waals surface area contributed by atoms with Gasteiger partial charge in [0.1, 0.15) is 0 Å². The zero-order chi connectivity index (χ0) is 20.1. The molecule has 2 N–H and O–H groups in total. The number of anilines is 1. The molecule has 0 spiro atoms. The van der Waals surface area contributed by atoms with Crippen LogP contribution in [0, 0.1) is 6.92 Å². The van der Waals surface area contributed by atoms with E-state index in [1.54, 1.807) is 12.1 Å². The van der Waals surface area contributed by atoms with Gasteiger partial charge in [0.05, 0.1) is 17.1 Å². The van der Waals surface area contributed by atoms with Gasteiger partial charge in [-0.25, -0.2) is 0 Å². The number of carbonyl (C=O) groups excluding carboxylic acids is 2. The Hall–Kier alpha value is -2.61. The van der Waals surface area contributed by atoms with E-state index in [-0.39, 0.29) is 18.4 Å². The van der Waals surface area contributed by atoms with Gasteiger partial charge < -0.3 is 20.1 Å². The third-order valence-electron chi connectivity index (χ3n) is 4.26. The Balaban J connectivity index is 1.74. The van der Waals surface area contributed by atoms with Crippen LogP contribution in [0.5, 0.6) is 0 Å². The summed E-state index contributed by atoms with van der Waals surface area (Å²) >= 11 is 1.39. The maximum absolute atomic E-state index is 12.5. The van der Waals surface area contributed by atoms with Crippen molar-refractivity contribution in [2.45, 2.75) is 18.1 Å². The molecule has 7 heteroatoms. The highest BCUT2D eigenvalue weighted by atomic mass is 32.2. The fourth-order valence-corrected chi connectivity index (χ4v) is 3.59. The molecule has 0 saturated heterocycles. The van der Waals surface area contributed by atoms with Crippen molar-refractivity contribution in [3.05, 3.63) is 64.1 Å². The Kier molecular flexibility index (Phi) is 6.51. The highest BCUT2D eigenvalue weighted by molar-refractivity contribution is 8.04. The minimum Gasteiger partial charge on any atom is -0.354 e. The number of rotatable bonds is 6. The van der Waals surface area contributed by atoms with E-state index in [0.29, 0.717) is 16.2 Å². The second-order valence-corrected chi connectivity index (χ2v) is 7.38. The predicted octanol–water partition coefficient (Wildman–Crippen LogP) is 3.43. The van der Waals surface area contributed by atoms with Gasteiger partial charge in [-0.2, -0.15) is 0 Å². The van der Waals surface area contributed by atoms with Gasteiger partial charge in [0.25, 0.3) is 11.8 Å². The normalized spacial score (nSPS) is 14.7. The Morgan fingerprint density at radius 3 is 2.57 bits per heavy atom. The van der Waals surface area contributed by atoms with E-state index >= 15 is 0 Å². The lowest BCUT2D eigenvalue weighted by atomic mass is 10.1. The molecule has 0 unspecified atom stereocenters. The fraction of sp³-hybridized carbons (Fsp3) is 0.238. The standard InChI is InChI=1S/C21H22N2O4S/c1-13-4-6-14(7-5-13)10-18-21(25)23-16-11-15(8-9-17(16)28-18)20(24)22-12-19(26-2)27-3/h4-11,19H,12H2,1-3H3,(H,22,24)(H,23,25). The fourth-order valence-electron chi connectivity index (χ4n) is 2.66. The molecule has 1 aliphatic rings. The molecule has 2 amide bonds. The third-order valence-corrected chi connectivity index (χ3v) is 5.36. The summed E-state index contributed by atoms with van der Waals surface area (Å²) < 4.78 is 10.1. The molecule has 0 aromatic heterocycles. The topological polar surface area (TPSA) is 76.7 Å². The van der Waals surface area contributed by atoms with Crippen molar-refractivity contribution in [1.29, 1.82) is 0 Å².